The van der Waals surface area contributed by atoms with Gasteiger partial charge in [-0.05, 0) is 42.5 Å². The van der Waals surface area contributed by atoms with Crippen molar-refractivity contribution in [3.63, 3.8) is 0 Å². The topological polar surface area (TPSA) is 110 Å². The van der Waals surface area contributed by atoms with Crippen molar-refractivity contribution in [3.05, 3.63) is 81.4 Å². The van der Waals surface area contributed by atoms with E-state index in [1.165, 1.54) is 25.3 Å². The summed E-state index contributed by atoms with van der Waals surface area (Å²) >= 11 is 5.92. The molecule has 0 aliphatic rings. The number of nitrogens with one attached hydrogen (secondary N) is 2. The summed E-state index contributed by atoms with van der Waals surface area (Å²) < 4.78 is 5.35. The van der Waals surface area contributed by atoms with Gasteiger partial charge in [0, 0.05) is 17.2 Å². The van der Waals surface area contributed by atoms with E-state index in [0.717, 1.165) is 16.6 Å². The number of nitro benzene ring substituents is 1. The van der Waals surface area contributed by atoms with Gasteiger partial charge in [-0.15, -0.1) is 0 Å². The summed E-state index contributed by atoms with van der Waals surface area (Å²) in [5.41, 5.74) is 2.82. The predicted molar refractivity (Wildman–Crippen MR) is 114 cm³/mol. The van der Waals surface area contributed by atoms with E-state index in [1.54, 1.807) is 12.1 Å². The molecule has 0 bridgehead atoms. The number of benzene rings is 3. The predicted octanol–water partition coefficient (Wildman–Crippen LogP) is 5.05. The Hall–Kier alpha value is -3.91. The van der Waals surface area contributed by atoms with E-state index in [4.69, 9.17) is 16.3 Å². The standard InChI is InChI=1S/C21H15ClN4O4/c1-30-19-9-7-12(20-23-15-4-2-3-5-16(15)24-20)11-17(19)25-21(27)13-6-8-18(26(28)29)14(22)10-13/h2-11H,1H3,(H,23,24)(H,25,27). The average Bonchev–Trinajstić information content (AvgIpc) is 3.17. The van der Waals surface area contributed by atoms with Crippen LogP contribution in [-0.2, 0) is 0 Å². The van der Waals surface area contributed by atoms with Crippen molar-refractivity contribution in [2.75, 3.05) is 12.4 Å². The molecule has 0 aliphatic heterocycles. The summed E-state index contributed by atoms with van der Waals surface area (Å²) in [6.45, 7) is 0. The smallest absolute Gasteiger partial charge is 0.287 e. The van der Waals surface area contributed by atoms with Crippen molar-refractivity contribution in [1.29, 1.82) is 0 Å². The Balaban J connectivity index is 1.66. The van der Waals surface area contributed by atoms with Crippen LogP contribution in [0.3, 0.4) is 0 Å². The third-order valence-corrected chi connectivity index (χ3v) is 4.82. The summed E-state index contributed by atoms with van der Waals surface area (Å²) in [7, 11) is 1.49. The van der Waals surface area contributed by atoms with Gasteiger partial charge in [0.25, 0.3) is 11.6 Å². The monoisotopic (exact) mass is 422 g/mol. The summed E-state index contributed by atoms with van der Waals surface area (Å²) in [6.07, 6.45) is 0. The van der Waals surface area contributed by atoms with Crippen LogP contribution in [0.25, 0.3) is 22.4 Å². The number of amides is 1. The van der Waals surface area contributed by atoms with Crippen LogP contribution in [0.2, 0.25) is 5.02 Å². The van der Waals surface area contributed by atoms with Gasteiger partial charge >= 0.3 is 0 Å². The number of imidazole rings is 1. The zero-order valence-electron chi connectivity index (χ0n) is 15.7. The Morgan fingerprint density at radius 2 is 1.97 bits per heavy atom. The molecular formula is C21H15ClN4O4. The molecule has 1 aromatic heterocycles. The van der Waals surface area contributed by atoms with Gasteiger partial charge in [0.1, 0.15) is 16.6 Å². The van der Waals surface area contributed by atoms with Crippen LogP contribution >= 0.6 is 11.6 Å². The molecule has 0 fully saturated rings. The molecule has 0 radical (unpaired) electrons. The molecule has 30 heavy (non-hydrogen) atoms. The summed E-state index contributed by atoms with van der Waals surface area (Å²) in [6, 6.07) is 16.7. The molecular weight excluding hydrogens is 408 g/mol. The zero-order valence-corrected chi connectivity index (χ0v) is 16.4. The van der Waals surface area contributed by atoms with E-state index in [-0.39, 0.29) is 16.3 Å². The van der Waals surface area contributed by atoms with E-state index in [9.17, 15) is 14.9 Å². The summed E-state index contributed by atoms with van der Waals surface area (Å²) in [4.78, 5) is 30.8. The molecule has 1 heterocycles. The number of hydrogen-bond donors (Lipinski definition) is 2. The van der Waals surface area contributed by atoms with Crippen molar-refractivity contribution in [1.82, 2.24) is 9.97 Å². The van der Waals surface area contributed by atoms with Crippen molar-refractivity contribution < 1.29 is 14.5 Å². The number of nitro groups is 1. The van der Waals surface area contributed by atoms with E-state index in [0.29, 0.717) is 17.3 Å². The second-order valence-corrected chi connectivity index (χ2v) is 6.80. The number of carbonyl (C=O) groups is 1. The Labute approximate surface area is 175 Å². The number of para-hydroxylation sites is 2. The lowest BCUT2D eigenvalue weighted by atomic mass is 10.1. The fourth-order valence-electron chi connectivity index (χ4n) is 3.03. The Morgan fingerprint density at radius 1 is 1.17 bits per heavy atom. The number of methoxy groups -OCH3 is 1. The number of nitrogens with zero attached hydrogens (tertiary/aromatic N) is 2. The average molecular weight is 423 g/mol. The van der Waals surface area contributed by atoms with Gasteiger partial charge in [-0.3, -0.25) is 14.9 Å². The van der Waals surface area contributed by atoms with Crippen LogP contribution in [0.15, 0.2) is 60.7 Å². The Bertz CT molecular complexity index is 1250. The summed E-state index contributed by atoms with van der Waals surface area (Å²) in [5, 5.41) is 13.6. The maximum atomic E-state index is 12.7. The number of anilines is 1. The number of fused-ring (bicyclic) bond motifs is 1. The van der Waals surface area contributed by atoms with Gasteiger partial charge in [-0.2, -0.15) is 0 Å². The Morgan fingerprint density at radius 3 is 2.67 bits per heavy atom. The molecule has 0 saturated heterocycles. The van der Waals surface area contributed by atoms with Crippen molar-refractivity contribution in [2.45, 2.75) is 0 Å². The molecule has 0 aliphatic carbocycles. The molecule has 0 atom stereocenters. The van der Waals surface area contributed by atoms with Gasteiger partial charge in [-0.1, -0.05) is 23.7 Å². The number of aromatic nitrogens is 2. The third-order valence-electron chi connectivity index (χ3n) is 4.52. The number of ether oxygens (including phenoxy) is 1. The van der Waals surface area contributed by atoms with E-state index in [1.807, 2.05) is 30.3 Å². The second kappa shape index (κ2) is 7.84. The first-order chi connectivity index (χ1) is 14.5. The fourth-order valence-corrected chi connectivity index (χ4v) is 3.28. The molecule has 0 spiro atoms. The SMILES string of the molecule is COc1ccc(-c2nc3ccccc3[nH]2)cc1NC(=O)c1ccc([N+](=O)[O-])c(Cl)c1. The van der Waals surface area contributed by atoms with Gasteiger partial charge in [-0.25, -0.2) is 4.98 Å². The van der Waals surface area contributed by atoms with E-state index in [2.05, 4.69) is 15.3 Å². The highest BCUT2D eigenvalue weighted by Gasteiger charge is 2.17. The quantitative estimate of drug-likeness (QED) is 0.345. The summed E-state index contributed by atoms with van der Waals surface area (Å²) in [5.74, 6) is 0.621. The van der Waals surface area contributed by atoms with Crippen LogP contribution < -0.4 is 10.1 Å². The highest BCUT2D eigenvalue weighted by molar-refractivity contribution is 6.33. The highest BCUT2D eigenvalue weighted by atomic mass is 35.5. The Kier molecular flexibility index (Phi) is 5.07. The normalized spacial score (nSPS) is 10.7. The largest absolute Gasteiger partial charge is 0.495 e. The van der Waals surface area contributed by atoms with Crippen LogP contribution in [0.4, 0.5) is 11.4 Å². The van der Waals surface area contributed by atoms with Crippen LogP contribution in [0, 0.1) is 10.1 Å². The fraction of sp³-hybridized carbons (Fsp3) is 0.0476. The molecule has 4 rings (SSSR count). The number of H-pyrrole nitrogens is 1. The number of carbonyl (C=O) groups excluding carboxylic acids is 1. The number of aromatic amines is 1. The lowest BCUT2D eigenvalue weighted by molar-refractivity contribution is -0.384. The molecule has 1 amide bonds. The third kappa shape index (κ3) is 3.68. The van der Waals surface area contributed by atoms with E-state index >= 15 is 0 Å². The molecule has 2 N–H and O–H groups in total. The molecule has 3 aromatic carbocycles. The molecule has 0 saturated carbocycles. The van der Waals surface area contributed by atoms with Crippen molar-refractivity contribution in [2.24, 2.45) is 0 Å². The minimum atomic E-state index is -0.607. The number of hydrogen-bond acceptors (Lipinski definition) is 5. The van der Waals surface area contributed by atoms with Gasteiger partial charge in [0.2, 0.25) is 0 Å². The first-order valence-corrected chi connectivity index (χ1v) is 9.22. The van der Waals surface area contributed by atoms with Crippen LogP contribution in [0.5, 0.6) is 5.75 Å². The van der Waals surface area contributed by atoms with Gasteiger partial charge in [0.15, 0.2) is 0 Å². The van der Waals surface area contributed by atoms with Gasteiger partial charge < -0.3 is 15.0 Å². The zero-order chi connectivity index (χ0) is 21.3. The maximum Gasteiger partial charge on any atom is 0.287 e. The molecule has 4 aromatic rings. The highest BCUT2D eigenvalue weighted by Crippen LogP contribution is 2.31. The van der Waals surface area contributed by atoms with Crippen molar-refractivity contribution >= 4 is 39.9 Å². The lowest BCUT2D eigenvalue weighted by Gasteiger charge is -2.12. The van der Waals surface area contributed by atoms with Gasteiger partial charge in [0.05, 0.1) is 28.8 Å². The first kappa shape index (κ1) is 19.4. The first-order valence-electron chi connectivity index (χ1n) is 8.84. The minimum Gasteiger partial charge on any atom is -0.495 e. The molecule has 9 heteroatoms. The van der Waals surface area contributed by atoms with Crippen LogP contribution in [-0.4, -0.2) is 27.9 Å². The second-order valence-electron chi connectivity index (χ2n) is 6.40. The lowest BCUT2D eigenvalue weighted by Crippen LogP contribution is -2.13. The van der Waals surface area contributed by atoms with E-state index < -0.39 is 10.8 Å². The molecule has 0 unspecified atom stereocenters. The minimum absolute atomic E-state index is 0.115. The maximum absolute atomic E-state index is 12.7. The van der Waals surface area contributed by atoms with Crippen LogP contribution in [0.1, 0.15) is 10.4 Å². The molecule has 8 nitrogen and oxygen atoms in total. The van der Waals surface area contributed by atoms with Crippen molar-refractivity contribution in [3.8, 4) is 17.1 Å². The number of rotatable bonds is 5. The molecule has 150 valence electrons. The number of halogens is 1.